The van der Waals surface area contributed by atoms with E-state index in [2.05, 4.69) is 61.5 Å². The Bertz CT molecular complexity index is 790. The van der Waals surface area contributed by atoms with Crippen molar-refractivity contribution in [1.29, 1.82) is 0 Å². The van der Waals surface area contributed by atoms with Crippen LogP contribution in [0.2, 0.25) is 0 Å². The second-order valence-electron chi connectivity index (χ2n) is 15.3. The van der Waals surface area contributed by atoms with Gasteiger partial charge in [-0.25, -0.2) is 0 Å². The molecule has 4 saturated carbocycles. The fourth-order valence-electron chi connectivity index (χ4n) is 10.8. The molecular weight excluding hydrogens is 376 g/mol. The molecular formula is C30H50O. The quantitative estimate of drug-likeness (QED) is 0.387. The minimum Gasteiger partial charge on any atom is -0.393 e. The number of rotatable bonds is 0. The van der Waals surface area contributed by atoms with Crippen LogP contribution in [0.1, 0.15) is 120 Å². The molecule has 1 heteroatoms. The van der Waals surface area contributed by atoms with Gasteiger partial charge in [0, 0.05) is 0 Å². The summed E-state index contributed by atoms with van der Waals surface area (Å²) in [4.78, 5) is 0. The predicted octanol–water partition coefficient (Wildman–Crippen LogP) is 8.17. The molecule has 5 rings (SSSR count). The molecule has 4 fully saturated rings. The summed E-state index contributed by atoms with van der Waals surface area (Å²) in [6.45, 7) is 20.4. The van der Waals surface area contributed by atoms with Gasteiger partial charge in [-0.1, -0.05) is 67.0 Å². The first-order chi connectivity index (χ1) is 14.2. The Morgan fingerprint density at radius 2 is 1.32 bits per heavy atom. The standard InChI is InChI=1S/C30H50O/c1-25(2)17-18-27(5)13-9-21-29(7)14-10-20-26(3,4)24(31)12-16-28(20,6)22(29)11-15-30(21,8)23(27)19-25/h9,20,22-24,31H,10-19H2,1-8H3/t20-,22+,23+,24-,27-,28-,29-,30?/m0/s1. The van der Waals surface area contributed by atoms with Gasteiger partial charge in [-0.15, -0.1) is 0 Å². The number of hydrogen-bond donors (Lipinski definition) is 1. The van der Waals surface area contributed by atoms with Crippen LogP contribution in [-0.2, 0) is 0 Å². The summed E-state index contributed by atoms with van der Waals surface area (Å²) >= 11 is 0. The molecule has 31 heavy (non-hydrogen) atoms. The maximum atomic E-state index is 10.9. The van der Waals surface area contributed by atoms with Crippen molar-refractivity contribution in [3.05, 3.63) is 11.6 Å². The highest BCUT2D eigenvalue weighted by molar-refractivity contribution is 5.34. The summed E-state index contributed by atoms with van der Waals surface area (Å²) < 4.78 is 0. The molecule has 0 amide bonds. The third kappa shape index (κ3) is 2.83. The zero-order chi connectivity index (χ0) is 22.7. The van der Waals surface area contributed by atoms with Crippen molar-refractivity contribution in [3.8, 4) is 0 Å². The Morgan fingerprint density at radius 3 is 2.00 bits per heavy atom. The second kappa shape index (κ2) is 6.43. The van der Waals surface area contributed by atoms with E-state index >= 15 is 0 Å². The van der Waals surface area contributed by atoms with Gasteiger partial charge in [-0.3, -0.25) is 0 Å². The first-order valence-electron chi connectivity index (χ1n) is 13.6. The molecule has 0 saturated heterocycles. The zero-order valence-electron chi connectivity index (χ0n) is 21.9. The zero-order valence-corrected chi connectivity index (χ0v) is 21.9. The normalized spacial score (nSPS) is 55.2. The van der Waals surface area contributed by atoms with Crippen molar-refractivity contribution >= 4 is 0 Å². The summed E-state index contributed by atoms with van der Waals surface area (Å²) in [6, 6.07) is 0. The van der Waals surface area contributed by atoms with Crippen molar-refractivity contribution < 1.29 is 5.11 Å². The molecule has 176 valence electrons. The van der Waals surface area contributed by atoms with Crippen molar-refractivity contribution in [3.63, 3.8) is 0 Å². The summed E-state index contributed by atoms with van der Waals surface area (Å²) in [6.07, 6.45) is 15.8. The summed E-state index contributed by atoms with van der Waals surface area (Å²) in [7, 11) is 0. The SMILES string of the molecule is CC1(C)CC[C@]2(C)CC=C3C(C)(CC[C@@H]4[C@@]5(C)CC[C@H](O)C(C)(C)[C@@H]5CC[C@@]34C)[C@@H]2C1. The molecule has 0 heterocycles. The summed E-state index contributed by atoms with van der Waals surface area (Å²) in [5.74, 6) is 2.29. The Balaban J connectivity index is 1.56. The van der Waals surface area contributed by atoms with Gasteiger partial charge in [0.05, 0.1) is 6.10 Å². The van der Waals surface area contributed by atoms with E-state index in [4.69, 9.17) is 0 Å². The second-order valence-corrected chi connectivity index (χ2v) is 15.3. The van der Waals surface area contributed by atoms with E-state index in [1.807, 2.05) is 5.57 Å². The lowest BCUT2D eigenvalue weighted by Gasteiger charge is -2.70. The number of aliphatic hydroxyl groups is 1. The maximum absolute atomic E-state index is 10.9. The highest BCUT2D eigenvalue weighted by atomic mass is 16.3. The lowest BCUT2D eigenvalue weighted by molar-refractivity contribution is -0.184. The van der Waals surface area contributed by atoms with Crippen molar-refractivity contribution in [2.75, 3.05) is 0 Å². The van der Waals surface area contributed by atoms with Crippen LogP contribution in [0.15, 0.2) is 11.6 Å². The van der Waals surface area contributed by atoms with Gasteiger partial charge in [0.15, 0.2) is 0 Å². The molecule has 0 radical (unpaired) electrons. The van der Waals surface area contributed by atoms with Crippen LogP contribution in [0.5, 0.6) is 0 Å². The molecule has 1 unspecified atom stereocenters. The predicted molar refractivity (Wildman–Crippen MR) is 131 cm³/mol. The minimum absolute atomic E-state index is 0.0575. The number of allylic oxidation sites excluding steroid dienone is 2. The minimum atomic E-state index is -0.122. The van der Waals surface area contributed by atoms with Gasteiger partial charge in [-0.2, -0.15) is 0 Å². The third-order valence-electron chi connectivity index (χ3n) is 12.7. The van der Waals surface area contributed by atoms with Gasteiger partial charge < -0.3 is 5.11 Å². The number of fused-ring (bicyclic) bond motifs is 7. The number of hydrogen-bond acceptors (Lipinski definition) is 1. The average molecular weight is 427 g/mol. The lowest BCUT2D eigenvalue weighted by Crippen LogP contribution is -2.63. The molecule has 0 aromatic carbocycles. The topological polar surface area (TPSA) is 20.2 Å². The van der Waals surface area contributed by atoms with E-state index in [-0.39, 0.29) is 11.5 Å². The Kier molecular flexibility index (Phi) is 4.66. The first kappa shape index (κ1) is 22.5. The van der Waals surface area contributed by atoms with Crippen LogP contribution in [0.3, 0.4) is 0 Å². The molecule has 5 aliphatic rings. The van der Waals surface area contributed by atoms with E-state index in [9.17, 15) is 5.11 Å². The maximum Gasteiger partial charge on any atom is 0.0594 e. The first-order valence-corrected chi connectivity index (χ1v) is 13.6. The van der Waals surface area contributed by atoms with Gasteiger partial charge in [0.1, 0.15) is 0 Å². The summed E-state index contributed by atoms with van der Waals surface area (Å²) in [5, 5.41) is 10.9. The fourth-order valence-corrected chi connectivity index (χ4v) is 10.8. The Morgan fingerprint density at radius 1 is 0.710 bits per heavy atom. The third-order valence-corrected chi connectivity index (χ3v) is 12.7. The molecule has 0 aliphatic heterocycles. The number of aliphatic hydroxyl groups excluding tert-OH is 1. The summed E-state index contributed by atoms with van der Waals surface area (Å²) in [5.41, 5.74) is 4.07. The van der Waals surface area contributed by atoms with Crippen LogP contribution in [0.25, 0.3) is 0 Å². The lowest BCUT2D eigenvalue weighted by atomic mass is 9.35. The molecule has 8 atom stereocenters. The highest BCUT2D eigenvalue weighted by Crippen LogP contribution is 2.74. The van der Waals surface area contributed by atoms with Gasteiger partial charge in [0.25, 0.3) is 0 Å². The van der Waals surface area contributed by atoms with Gasteiger partial charge >= 0.3 is 0 Å². The van der Waals surface area contributed by atoms with Crippen LogP contribution >= 0.6 is 0 Å². The van der Waals surface area contributed by atoms with Crippen LogP contribution in [-0.4, -0.2) is 11.2 Å². The van der Waals surface area contributed by atoms with Gasteiger partial charge in [-0.05, 0) is 114 Å². The molecule has 0 bridgehead atoms. The van der Waals surface area contributed by atoms with Crippen LogP contribution < -0.4 is 0 Å². The van der Waals surface area contributed by atoms with Crippen molar-refractivity contribution in [1.82, 2.24) is 0 Å². The van der Waals surface area contributed by atoms with E-state index in [0.29, 0.717) is 33.0 Å². The molecule has 5 aliphatic carbocycles. The molecule has 0 aromatic rings. The van der Waals surface area contributed by atoms with E-state index < -0.39 is 0 Å². The Hall–Kier alpha value is -0.300. The molecule has 1 N–H and O–H groups in total. The largest absolute Gasteiger partial charge is 0.393 e. The highest BCUT2D eigenvalue weighted by Gasteiger charge is 2.66. The van der Waals surface area contributed by atoms with Crippen molar-refractivity contribution in [2.24, 2.45) is 50.2 Å². The van der Waals surface area contributed by atoms with Crippen LogP contribution in [0, 0.1) is 50.2 Å². The fraction of sp³-hybridized carbons (Fsp3) is 0.933. The smallest absolute Gasteiger partial charge is 0.0594 e. The van der Waals surface area contributed by atoms with Gasteiger partial charge in [0.2, 0.25) is 0 Å². The monoisotopic (exact) mass is 426 g/mol. The van der Waals surface area contributed by atoms with E-state index in [1.54, 1.807) is 0 Å². The molecule has 1 nitrogen and oxygen atoms in total. The van der Waals surface area contributed by atoms with Crippen molar-refractivity contribution in [2.45, 2.75) is 126 Å². The Labute approximate surface area is 192 Å². The van der Waals surface area contributed by atoms with E-state index in [1.165, 1.54) is 57.8 Å². The van der Waals surface area contributed by atoms with Crippen LogP contribution in [0.4, 0.5) is 0 Å². The molecule has 0 aromatic heterocycles. The average Bonchev–Trinajstić information content (AvgIpc) is 2.66. The molecule has 0 spiro atoms. The van der Waals surface area contributed by atoms with E-state index in [0.717, 1.165) is 18.3 Å².